The number of hydrogen-bond donors (Lipinski definition) is 1. The van der Waals surface area contributed by atoms with E-state index < -0.39 is 0 Å². The van der Waals surface area contributed by atoms with Gasteiger partial charge in [0.1, 0.15) is 5.76 Å². The molecule has 4 heteroatoms. The SMILES string of the molecule is Cc1ccc(C(C)NCc2cc(Br)c(Br)o2)cc1. The van der Waals surface area contributed by atoms with E-state index in [2.05, 4.69) is 75.3 Å². The molecule has 1 unspecified atom stereocenters. The number of hydrogen-bond acceptors (Lipinski definition) is 2. The maximum absolute atomic E-state index is 5.53. The van der Waals surface area contributed by atoms with Crippen molar-refractivity contribution in [3.63, 3.8) is 0 Å². The monoisotopic (exact) mass is 371 g/mol. The highest BCUT2D eigenvalue weighted by Gasteiger charge is 2.08. The van der Waals surface area contributed by atoms with E-state index in [1.165, 1.54) is 11.1 Å². The van der Waals surface area contributed by atoms with Gasteiger partial charge in [-0.1, -0.05) is 29.8 Å². The molecule has 2 aromatic rings. The van der Waals surface area contributed by atoms with E-state index in [1.54, 1.807) is 0 Å². The van der Waals surface area contributed by atoms with Crippen molar-refractivity contribution in [1.29, 1.82) is 0 Å². The van der Waals surface area contributed by atoms with E-state index in [9.17, 15) is 0 Å². The van der Waals surface area contributed by atoms with Crippen molar-refractivity contribution in [1.82, 2.24) is 5.32 Å². The van der Waals surface area contributed by atoms with Gasteiger partial charge in [-0.2, -0.15) is 0 Å². The summed E-state index contributed by atoms with van der Waals surface area (Å²) in [6.45, 7) is 4.96. The molecule has 18 heavy (non-hydrogen) atoms. The molecule has 0 aliphatic carbocycles. The average Bonchev–Trinajstić information content (AvgIpc) is 2.67. The van der Waals surface area contributed by atoms with Gasteiger partial charge in [-0.25, -0.2) is 0 Å². The summed E-state index contributed by atoms with van der Waals surface area (Å²) in [4.78, 5) is 0. The van der Waals surface area contributed by atoms with Crippen LogP contribution in [0.2, 0.25) is 0 Å². The molecule has 0 saturated carbocycles. The number of nitrogens with one attached hydrogen (secondary N) is 1. The number of furan rings is 1. The maximum atomic E-state index is 5.53. The molecule has 1 heterocycles. The highest BCUT2D eigenvalue weighted by Crippen LogP contribution is 2.27. The smallest absolute Gasteiger partial charge is 0.183 e. The fourth-order valence-electron chi connectivity index (χ4n) is 1.71. The van der Waals surface area contributed by atoms with Crippen LogP contribution in [0.15, 0.2) is 43.9 Å². The summed E-state index contributed by atoms with van der Waals surface area (Å²) >= 11 is 6.74. The van der Waals surface area contributed by atoms with E-state index in [4.69, 9.17) is 4.42 Å². The van der Waals surface area contributed by atoms with Crippen LogP contribution in [0.1, 0.15) is 29.9 Å². The standard InChI is InChI=1S/C14H15Br2NO/c1-9-3-5-11(6-4-9)10(2)17-8-12-7-13(15)14(16)18-12/h3-7,10,17H,8H2,1-2H3. The van der Waals surface area contributed by atoms with Gasteiger partial charge in [-0.3, -0.25) is 0 Å². The predicted octanol–water partition coefficient (Wildman–Crippen LogP) is 4.96. The summed E-state index contributed by atoms with van der Waals surface area (Å²) in [6, 6.07) is 10.8. The van der Waals surface area contributed by atoms with Crippen molar-refractivity contribution < 1.29 is 4.42 Å². The third-order valence-electron chi connectivity index (χ3n) is 2.86. The average molecular weight is 373 g/mol. The molecule has 0 fully saturated rings. The van der Waals surface area contributed by atoms with Crippen molar-refractivity contribution >= 4 is 31.9 Å². The minimum Gasteiger partial charge on any atom is -0.452 e. The van der Waals surface area contributed by atoms with Gasteiger partial charge in [-0.05, 0) is 57.3 Å². The van der Waals surface area contributed by atoms with Gasteiger partial charge in [0.15, 0.2) is 4.67 Å². The van der Waals surface area contributed by atoms with Crippen molar-refractivity contribution in [3.8, 4) is 0 Å². The second-order valence-electron chi connectivity index (χ2n) is 4.35. The molecule has 1 aromatic carbocycles. The molecular formula is C14H15Br2NO. The van der Waals surface area contributed by atoms with Gasteiger partial charge in [0.05, 0.1) is 11.0 Å². The van der Waals surface area contributed by atoms with Crippen LogP contribution in [0.5, 0.6) is 0 Å². The lowest BCUT2D eigenvalue weighted by atomic mass is 10.1. The van der Waals surface area contributed by atoms with Crippen LogP contribution < -0.4 is 5.32 Å². The second-order valence-corrected chi connectivity index (χ2v) is 5.92. The Labute approximate surface area is 124 Å². The molecule has 0 saturated heterocycles. The number of rotatable bonds is 4. The Morgan fingerprint density at radius 2 is 1.89 bits per heavy atom. The van der Waals surface area contributed by atoms with Crippen LogP contribution in [0, 0.1) is 6.92 Å². The number of aryl methyl sites for hydroxylation is 1. The summed E-state index contributed by atoms with van der Waals surface area (Å²) in [5.41, 5.74) is 2.56. The zero-order valence-corrected chi connectivity index (χ0v) is 13.5. The Kier molecular flexibility index (Phi) is 4.65. The molecule has 96 valence electrons. The molecule has 1 aromatic heterocycles. The minimum atomic E-state index is 0.299. The van der Waals surface area contributed by atoms with Crippen LogP contribution in [0.25, 0.3) is 0 Å². The summed E-state index contributed by atoms with van der Waals surface area (Å²) < 4.78 is 7.21. The zero-order chi connectivity index (χ0) is 13.1. The van der Waals surface area contributed by atoms with Crippen LogP contribution in [-0.4, -0.2) is 0 Å². The lowest BCUT2D eigenvalue weighted by Crippen LogP contribution is -2.17. The fourth-order valence-corrected chi connectivity index (χ4v) is 2.36. The van der Waals surface area contributed by atoms with Gasteiger partial charge in [-0.15, -0.1) is 0 Å². The third-order valence-corrected chi connectivity index (χ3v) is 4.57. The Bertz CT molecular complexity index is 500. The quantitative estimate of drug-likeness (QED) is 0.820. The molecule has 0 radical (unpaired) electrons. The Balaban J connectivity index is 1.95. The van der Waals surface area contributed by atoms with Gasteiger partial charge in [0.25, 0.3) is 0 Å². The Morgan fingerprint density at radius 3 is 2.44 bits per heavy atom. The summed E-state index contributed by atoms with van der Waals surface area (Å²) in [7, 11) is 0. The number of halogens is 2. The largest absolute Gasteiger partial charge is 0.452 e. The highest BCUT2D eigenvalue weighted by atomic mass is 79.9. The van der Waals surface area contributed by atoms with E-state index >= 15 is 0 Å². The maximum Gasteiger partial charge on any atom is 0.183 e. The van der Waals surface area contributed by atoms with Crippen LogP contribution in [0.4, 0.5) is 0 Å². The van der Waals surface area contributed by atoms with Crippen LogP contribution >= 0.6 is 31.9 Å². The molecule has 2 nitrogen and oxygen atoms in total. The third kappa shape index (κ3) is 3.46. The van der Waals surface area contributed by atoms with Gasteiger partial charge in [0.2, 0.25) is 0 Å². The molecular weight excluding hydrogens is 358 g/mol. The topological polar surface area (TPSA) is 25.2 Å². The second kappa shape index (κ2) is 6.04. The van der Waals surface area contributed by atoms with Crippen molar-refractivity contribution in [2.75, 3.05) is 0 Å². The molecule has 0 amide bonds. The zero-order valence-electron chi connectivity index (χ0n) is 10.3. The minimum absolute atomic E-state index is 0.299. The van der Waals surface area contributed by atoms with Crippen molar-refractivity contribution in [3.05, 3.63) is 56.4 Å². The fraction of sp³-hybridized carbons (Fsp3) is 0.286. The molecule has 0 aliphatic heterocycles. The first-order valence-corrected chi connectivity index (χ1v) is 7.38. The Hall–Kier alpha value is -0.580. The van der Waals surface area contributed by atoms with E-state index in [-0.39, 0.29) is 0 Å². The molecule has 1 atom stereocenters. The first-order chi connectivity index (χ1) is 8.56. The molecule has 0 bridgehead atoms. The number of benzene rings is 1. The predicted molar refractivity (Wildman–Crippen MR) is 80.5 cm³/mol. The first-order valence-electron chi connectivity index (χ1n) is 5.80. The van der Waals surface area contributed by atoms with E-state index in [1.807, 2.05) is 6.07 Å². The molecule has 2 rings (SSSR count). The normalized spacial score (nSPS) is 12.7. The summed E-state index contributed by atoms with van der Waals surface area (Å²) in [6.07, 6.45) is 0. The lowest BCUT2D eigenvalue weighted by molar-refractivity contribution is 0.446. The van der Waals surface area contributed by atoms with Crippen LogP contribution in [0.3, 0.4) is 0 Å². The van der Waals surface area contributed by atoms with E-state index in [0.717, 1.165) is 14.9 Å². The van der Waals surface area contributed by atoms with Crippen LogP contribution in [-0.2, 0) is 6.54 Å². The molecule has 0 spiro atoms. The van der Waals surface area contributed by atoms with Gasteiger partial charge in [0, 0.05) is 6.04 Å². The van der Waals surface area contributed by atoms with Gasteiger partial charge < -0.3 is 9.73 Å². The lowest BCUT2D eigenvalue weighted by Gasteiger charge is -2.13. The van der Waals surface area contributed by atoms with Crippen molar-refractivity contribution in [2.24, 2.45) is 0 Å². The van der Waals surface area contributed by atoms with E-state index in [0.29, 0.717) is 12.6 Å². The summed E-state index contributed by atoms with van der Waals surface area (Å²) in [5, 5.41) is 3.44. The first kappa shape index (κ1) is 13.8. The molecule has 1 N–H and O–H groups in total. The van der Waals surface area contributed by atoms with Crippen molar-refractivity contribution in [2.45, 2.75) is 26.4 Å². The molecule has 0 aliphatic rings. The highest BCUT2D eigenvalue weighted by molar-refractivity contribution is 9.13. The Morgan fingerprint density at radius 1 is 1.22 bits per heavy atom. The van der Waals surface area contributed by atoms with Gasteiger partial charge >= 0.3 is 0 Å². The summed E-state index contributed by atoms with van der Waals surface area (Å²) in [5.74, 6) is 0.910.